The Labute approximate surface area is 160 Å². The van der Waals surface area contributed by atoms with Crippen LogP contribution >= 0.6 is 0 Å². The number of alkyl halides is 3. The summed E-state index contributed by atoms with van der Waals surface area (Å²) in [5.41, 5.74) is -1.97. The maximum Gasteiger partial charge on any atom is 0.417 e. The van der Waals surface area contributed by atoms with Gasteiger partial charge in [0.15, 0.2) is 6.04 Å². The van der Waals surface area contributed by atoms with Gasteiger partial charge in [-0.05, 0) is 39.3 Å². The van der Waals surface area contributed by atoms with E-state index < -0.39 is 52.9 Å². The first-order valence-corrected chi connectivity index (χ1v) is 9.05. The highest BCUT2D eigenvalue weighted by atomic mass is 19.4. The monoisotopic (exact) mass is 395 g/mol. The summed E-state index contributed by atoms with van der Waals surface area (Å²) in [5.74, 6) is -1.21. The zero-order valence-electron chi connectivity index (χ0n) is 15.7. The van der Waals surface area contributed by atoms with E-state index in [-0.39, 0.29) is 5.69 Å². The second-order valence-corrected chi connectivity index (χ2v) is 8.19. The Kier molecular flexibility index (Phi) is 3.99. The Hall–Kier alpha value is -2.58. The Balaban J connectivity index is 1.80. The highest BCUT2D eigenvalue weighted by molar-refractivity contribution is 6.07. The number of hydrogen-bond donors (Lipinski definition) is 0. The van der Waals surface area contributed by atoms with Crippen molar-refractivity contribution < 1.29 is 27.5 Å². The predicted molar refractivity (Wildman–Crippen MR) is 95.3 cm³/mol. The van der Waals surface area contributed by atoms with Crippen molar-refractivity contribution in [2.45, 2.75) is 57.1 Å². The van der Waals surface area contributed by atoms with Gasteiger partial charge in [0.2, 0.25) is 0 Å². The Bertz CT molecular complexity index is 875. The molecule has 0 radical (unpaired) electrons. The molecule has 1 saturated heterocycles. The van der Waals surface area contributed by atoms with Gasteiger partial charge < -0.3 is 14.5 Å². The summed E-state index contributed by atoms with van der Waals surface area (Å²) < 4.78 is 46.1. The number of nitrogens with zero attached hydrogens (tertiary/aromatic N) is 3. The fourth-order valence-corrected chi connectivity index (χ4v) is 4.02. The fraction of sp³-hybridized carbons (Fsp3) is 0.526. The SMILES string of the molecule is CC(C)(C)OC(=O)[C@H]1N=CN2c3cccc(C(F)(F)F)c3C(=O)N3CCC3C12. The molecule has 2 unspecified atom stereocenters. The van der Waals surface area contributed by atoms with Crippen molar-refractivity contribution >= 4 is 23.9 Å². The number of aliphatic imine (C=N–C) groups is 1. The van der Waals surface area contributed by atoms with Crippen LogP contribution in [0.2, 0.25) is 0 Å². The van der Waals surface area contributed by atoms with Gasteiger partial charge in [0.05, 0.1) is 35.2 Å². The summed E-state index contributed by atoms with van der Waals surface area (Å²) in [6.07, 6.45) is -2.72. The molecule has 0 bridgehead atoms. The highest BCUT2D eigenvalue weighted by Crippen LogP contribution is 2.44. The van der Waals surface area contributed by atoms with Crippen molar-refractivity contribution in [3.8, 4) is 0 Å². The third-order valence-corrected chi connectivity index (χ3v) is 5.21. The molecule has 3 aliphatic heterocycles. The second kappa shape index (κ2) is 5.96. The normalized spacial score (nSPS) is 26.2. The van der Waals surface area contributed by atoms with Gasteiger partial charge in [-0.3, -0.25) is 9.79 Å². The largest absolute Gasteiger partial charge is 0.458 e. The third-order valence-electron chi connectivity index (χ3n) is 5.21. The van der Waals surface area contributed by atoms with Crippen LogP contribution in [0.1, 0.15) is 43.1 Å². The van der Waals surface area contributed by atoms with Crippen LogP contribution in [-0.2, 0) is 15.7 Å². The number of benzene rings is 1. The van der Waals surface area contributed by atoms with Crippen LogP contribution in [0, 0.1) is 0 Å². The second-order valence-electron chi connectivity index (χ2n) is 8.19. The maximum atomic E-state index is 13.6. The van der Waals surface area contributed by atoms with E-state index in [1.165, 1.54) is 28.3 Å². The smallest absolute Gasteiger partial charge is 0.417 e. The summed E-state index contributed by atoms with van der Waals surface area (Å²) >= 11 is 0. The van der Waals surface area contributed by atoms with Gasteiger partial charge in [-0.2, -0.15) is 13.2 Å². The van der Waals surface area contributed by atoms with Crippen LogP contribution < -0.4 is 4.90 Å². The molecule has 150 valence electrons. The van der Waals surface area contributed by atoms with E-state index in [9.17, 15) is 22.8 Å². The number of esters is 1. The van der Waals surface area contributed by atoms with Gasteiger partial charge in [-0.1, -0.05) is 6.07 Å². The van der Waals surface area contributed by atoms with Crippen LogP contribution in [0.3, 0.4) is 0 Å². The maximum absolute atomic E-state index is 13.6. The average Bonchev–Trinajstić information content (AvgIpc) is 2.92. The number of fused-ring (bicyclic) bond motifs is 5. The van der Waals surface area contributed by atoms with E-state index in [4.69, 9.17) is 4.74 Å². The van der Waals surface area contributed by atoms with Gasteiger partial charge in [0.25, 0.3) is 5.91 Å². The highest BCUT2D eigenvalue weighted by Gasteiger charge is 2.54. The molecular weight excluding hydrogens is 375 g/mol. The number of hydrogen-bond acceptors (Lipinski definition) is 5. The van der Waals surface area contributed by atoms with Gasteiger partial charge in [-0.15, -0.1) is 0 Å². The average molecular weight is 395 g/mol. The molecule has 9 heteroatoms. The minimum absolute atomic E-state index is 0.119. The number of amides is 1. The van der Waals surface area contributed by atoms with Crippen molar-refractivity contribution in [1.29, 1.82) is 0 Å². The van der Waals surface area contributed by atoms with Crippen molar-refractivity contribution in [2.75, 3.05) is 11.4 Å². The van der Waals surface area contributed by atoms with Crippen LogP contribution in [0.15, 0.2) is 23.2 Å². The van der Waals surface area contributed by atoms with Gasteiger partial charge in [0.1, 0.15) is 5.60 Å². The molecule has 0 aromatic heterocycles. The molecular formula is C19H20F3N3O3. The molecule has 3 heterocycles. The number of carbonyl (C=O) groups excluding carboxylic acids is 2. The number of ether oxygens (including phenoxy) is 1. The fourth-order valence-electron chi connectivity index (χ4n) is 4.02. The lowest BCUT2D eigenvalue weighted by molar-refractivity contribution is -0.157. The molecule has 1 fully saturated rings. The predicted octanol–water partition coefficient (Wildman–Crippen LogP) is 2.86. The topological polar surface area (TPSA) is 62.2 Å². The van der Waals surface area contributed by atoms with Crippen LogP contribution in [0.4, 0.5) is 18.9 Å². The van der Waals surface area contributed by atoms with Crippen molar-refractivity contribution in [3.63, 3.8) is 0 Å². The first-order chi connectivity index (χ1) is 13.0. The van der Waals surface area contributed by atoms with Crippen LogP contribution in [-0.4, -0.2) is 53.4 Å². The number of carbonyl (C=O) groups is 2. The molecule has 0 saturated carbocycles. The van der Waals surface area contributed by atoms with Gasteiger partial charge >= 0.3 is 12.1 Å². The molecule has 4 rings (SSSR count). The third kappa shape index (κ3) is 2.84. The first kappa shape index (κ1) is 18.8. The van der Waals surface area contributed by atoms with E-state index in [2.05, 4.69) is 4.99 Å². The summed E-state index contributed by atoms with van der Waals surface area (Å²) in [6.45, 7) is 5.55. The molecule has 0 spiro atoms. The van der Waals surface area contributed by atoms with E-state index in [0.717, 1.165) is 6.07 Å². The van der Waals surface area contributed by atoms with E-state index in [1.807, 2.05) is 0 Å². The number of rotatable bonds is 1. The van der Waals surface area contributed by atoms with E-state index >= 15 is 0 Å². The van der Waals surface area contributed by atoms with E-state index in [1.54, 1.807) is 20.8 Å². The Morgan fingerprint density at radius 1 is 1.25 bits per heavy atom. The zero-order chi connectivity index (χ0) is 20.4. The molecule has 1 aromatic rings. The number of anilines is 1. The molecule has 28 heavy (non-hydrogen) atoms. The molecule has 3 atom stereocenters. The lowest BCUT2D eigenvalue weighted by Gasteiger charge is -2.45. The quantitative estimate of drug-likeness (QED) is 0.686. The lowest BCUT2D eigenvalue weighted by Crippen LogP contribution is -2.62. The molecule has 1 aromatic carbocycles. The zero-order valence-corrected chi connectivity index (χ0v) is 15.7. The van der Waals surface area contributed by atoms with Crippen molar-refractivity contribution in [2.24, 2.45) is 4.99 Å². The Morgan fingerprint density at radius 2 is 1.96 bits per heavy atom. The molecule has 0 aliphatic carbocycles. The van der Waals surface area contributed by atoms with Crippen molar-refractivity contribution in [1.82, 2.24) is 4.90 Å². The summed E-state index contributed by atoms with van der Waals surface area (Å²) in [7, 11) is 0. The molecule has 1 amide bonds. The first-order valence-electron chi connectivity index (χ1n) is 9.05. The van der Waals surface area contributed by atoms with Crippen LogP contribution in [0.5, 0.6) is 0 Å². The Morgan fingerprint density at radius 3 is 2.54 bits per heavy atom. The minimum Gasteiger partial charge on any atom is -0.458 e. The number of halogens is 3. The van der Waals surface area contributed by atoms with Crippen LogP contribution in [0.25, 0.3) is 0 Å². The summed E-state index contributed by atoms with van der Waals surface area (Å²) in [5, 5.41) is 0. The molecule has 3 aliphatic rings. The van der Waals surface area contributed by atoms with Gasteiger partial charge in [-0.25, -0.2) is 4.79 Å². The standard InChI is InChI=1S/C19H20F3N3O3/c1-18(2,3)28-17(27)14-15-12-7-8-24(12)16(26)13-10(19(20,21)22)5-4-6-11(13)25(15)9-23-14/h4-6,9,12,14-15H,7-8H2,1-3H3/t12?,14-,15?/m0/s1. The molecule has 6 nitrogen and oxygen atoms in total. The van der Waals surface area contributed by atoms with E-state index in [0.29, 0.717) is 13.0 Å². The van der Waals surface area contributed by atoms with Crippen molar-refractivity contribution in [3.05, 3.63) is 29.3 Å². The molecule has 0 N–H and O–H groups in total. The van der Waals surface area contributed by atoms with Gasteiger partial charge in [0, 0.05) is 6.54 Å². The summed E-state index contributed by atoms with van der Waals surface area (Å²) in [6, 6.07) is 1.75. The summed E-state index contributed by atoms with van der Waals surface area (Å²) in [4.78, 5) is 32.8. The minimum atomic E-state index is -4.66. The lowest BCUT2D eigenvalue weighted by atomic mass is 9.90.